The number of halogens is 2. The number of esters is 1. The lowest BCUT2D eigenvalue weighted by molar-refractivity contribution is -0.186. The van der Waals surface area contributed by atoms with E-state index >= 15 is 0 Å². The van der Waals surface area contributed by atoms with Gasteiger partial charge in [-0.05, 0) is 68.6 Å². The van der Waals surface area contributed by atoms with Crippen LogP contribution in [-0.2, 0) is 19.0 Å². The third-order valence-electron chi connectivity index (χ3n) is 5.38. The van der Waals surface area contributed by atoms with Crippen LogP contribution in [0.5, 0.6) is 0 Å². The van der Waals surface area contributed by atoms with Crippen molar-refractivity contribution in [3.63, 3.8) is 0 Å². The molecular weight excluding hydrogens is 375 g/mol. The van der Waals surface area contributed by atoms with E-state index in [0.717, 1.165) is 50.7 Å². The van der Waals surface area contributed by atoms with E-state index < -0.39 is 0 Å². The van der Waals surface area contributed by atoms with Gasteiger partial charge in [0.2, 0.25) is 0 Å². The summed E-state index contributed by atoms with van der Waals surface area (Å²) in [6.07, 6.45) is 7.18. The lowest BCUT2D eigenvalue weighted by atomic mass is 9.88. The van der Waals surface area contributed by atoms with Gasteiger partial charge in [-0.3, -0.25) is 4.79 Å². The van der Waals surface area contributed by atoms with E-state index in [9.17, 15) is 4.79 Å². The number of benzene rings is 1. The molecule has 1 aromatic rings. The lowest BCUT2D eigenvalue weighted by Gasteiger charge is -2.26. The third kappa shape index (κ3) is 5.13. The van der Waals surface area contributed by atoms with Gasteiger partial charge in [0, 0.05) is 6.61 Å². The van der Waals surface area contributed by atoms with Gasteiger partial charge in [-0.1, -0.05) is 29.3 Å². The van der Waals surface area contributed by atoms with Crippen LogP contribution in [0.3, 0.4) is 0 Å². The highest BCUT2D eigenvalue weighted by Gasteiger charge is 2.33. The summed E-state index contributed by atoms with van der Waals surface area (Å²) >= 11 is 12.1. The van der Waals surface area contributed by atoms with Crippen molar-refractivity contribution in [3.05, 3.63) is 33.8 Å². The first-order valence-corrected chi connectivity index (χ1v) is 10.1. The van der Waals surface area contributed by atoms with Crippen molar-refractivity contribution in [2.75, 3.05) is 13.7 Å². The number of carbonyl (C=O) groups is 1. The molecule has 1 heterocycles. The summed E-state index contributed by atoms with van der Waals surface area (Å²) in [6.45, 7) is 0.794. The molecule has 0 amide bonds. The lowest BCUT2D eigenvalue weighted by Crippen LogP contribution is -2.26. The topological polar surface area (TPSA) is 44.8 Å². The Hall–Kier alpha value is -0.810. The number of ether oxygens (including phenoxy) is 3. The van der Waals surface area contributed by atoms with E-state index in [1.54, 1.807) is 12.1 Å². The molecule has 0 radical (unpaired) electrons. The molecule has 4 unspecified atom stereocenters. The average molecular weight is 401 g/mol. The molecule has 6 heteroatoms. The van der Waals surface area contributed by atoms with Gasteiger partial charge in [0.1, 0.15) is 0 Å². The van der Waals surface area contributed by atoms with Crippen molar-refractivity contribution in [2.24, 2.45) is 5.92 Å². The Morgan fingerprint density at radius 3 is 2.77 bits per heavy atom. The van der Waals surface area contributed by atoms with Crippen molar-refractivity contribution in [1.29, 1.82) is 0 Å². The summed E-state index contributed by atoms with van der Waals surface area (Å²) in [6, 6.07) is 5.36. The Morgan fingerprint density at radius 1 is 1.23 bits per heavy atom. The second-order valence-electron chi connectivity index (χ2n) is 7.22. The number of methoxy groups -OCH3 is 1. The van der Waals surface area contributed by atoms with Gasteiger partial charge in [0.05, 0.1) is 29.2 Å². The van der Waals surface area contributed by atoms with Crippen LogP contribution in [0.25, 0.3) is 0 Å². The van der Waals surface area contributed by atoms with Crippen LogP contribution in [0.4, 0.5) is 0 Å². The minimum Gasteiger partial charge on any atom is -0.469 e. The van der Waals surface area contributed by atoms with E-state index in [1.807, 2.05) is 6.07 Å². The van der Waals surface area contributed by atoms with Crippen molar-refractivity contribution in [1.82, 2.24) is 0 Å². The zero-order valence-electron chi connectivity index (χ0n) is 15.1. The van der Waals surface area contributed by atoms with Gasteiger partial charge in [0.25, 0.3) is 0 Å². The molecule has 2 aliphatic rings. The average Bonchev–Trinajstić information content (AvgIpc) is 3.09. The molecule has 3 rings (SSSR count). The second-order valence-corrected chi connectivity index (χ2v) is 8.03. The van der Waals surface area contributed by atoms with Crippen molar-refractivity contribution in [2.45, 2.75) is 63.3 Å². The standard InChI is InChI=1S/C20H26Cl2O4/c1-24-20(23)16(14-6-8-17(21)18(22)12-14)11-13-5-7-15(10-13)26-19-4-2-3-9-25-19/h6,8,12-13,15-16,19H,2-5,7,9-11H2,1H3. The normalized spacial score (nSPS) is 27.3. The van der Waals surface area contributed by atoms with E-state index in [0.29, 0.717) is 16.0 Å². The molecule has 1 aromatic carbocycles. The van der Waals surface area contributed by atoms with Crippen molar-refractivity contribution < 1.29 is 19.0 Å². The van der Waals surface area contributed by atoms with E-state index in [1.165, 1.54) is 13.5 Å². The maximum Gasteiger partial charge on any atom is 0.313 e. The summed E-state index contributed by atoms with van der Waals surface area (Å²) in [5.41, 5.74) is 0.853. The Bertz CT molecular complexity index is 616. The van der Waals surface area contributed by atoms with Crippen LogP contribution in [0.1, 0.15) is 56.4 Å². The Morgan fingerprint density at radius 2 is 2.08 bits per heavy atom. The molecule has 1 saturated carbocycles. The molecule has 2 fully saturated rings. The molecule has 1 aliphatic heterocycles. The fourth-order valence-corrected chi connectivity index (χ4v) is 4.28. The monoisotopic (exact) mass is 400 g/mol. The highest BCUT2D eigenvalue weighted by molar-refractivity contribution is 6.42. The molecule has 26 heavy (non-hydrogen) atoms. The van der Waals surface area contributed by atoms with Gasteiger partial charge in [-0.25, -0.2) is 0 Å². The Labute approximate surface area is 165 Å². The number of hydrogen-bond donors (Lipinski definition) is 0. The fourth-order valence-electron chi connectivity index (χ4n) is 3.97. The van der Waals surface area contributed by atoms with Crippen LogP contribution in [0.2, 0.25) is 10.0 Å². The number of rotatable bonds is 6. The highest BCUT2D eigenvalue weighted by atomic mass is 35.5. The van der Waals surface area contributed by atoms with Crippen LogP contribution in [0, 0.1) is 5.92 Å². The maximum absolute atomic E-state index is 12.3. The molecule has 4 nitrogen and oxygen atoms in total. The predicted molar refractivity (Wildman–Crippen MR) is 102 cm³/mol. The van der Waals surface area contributed by atoms with E-state index in [2.05, 4.69) is 0 Å². The smallest absolute Gasteiger partial charge is 0.313 e. The fraction of sp³-hybridized carbons (Fsp3) is 0.650. The summed E-state index contributed by atoms with van der Waals surface area (Å²) < 4.78 is 16.8. The summed E-state index contributed by atoms with van der Waals surface area (Å²) in [5, 5.41) is 0.945. The highest BCUT2D eigenvalue weighted by Crippen LogP contribution is 2.38. The van der Waals surface area contributed by atoms with Crippen LogP contribution in [0.15, 0.2) is 18.2 Å². The Kier molecular flexibility index (Phi) is 7.21. The molecular formula is C20H26Cl2O4. The van der Waals surface area contributed by atoms with Gasteiger partial charge in [0.15, 0.2) is 6.29 Å². The number of carbonyl (C=O) groups excluding carboxylic acids is 1. The van der Waals surface area contributed by atoms with Gasteiger partial charge >= 0.3 is 5.97 Å². The van der Waals surface area contributed by atoms with E-state index in [4.69, 9.17) is 37.4 Å². The summed E-state index contributed by atoms with van der Waals surface area (Å²) in [7, 11) is 1.42. The first kappa shape index (κ1) is 19.9. The zero-order valence-corrected chi connectivity index (χ0v) is 16.6. The summed E-state index contributed by atoms with van der Waals surface area (Å²) in [5.74, 6) is -0.144. The Balaban J connectivity index is 1.60. The van der Waals surface area contributed by atoms with Crippen LogP contribution in [-0.4, -0.2) is 32.1 Å². The van der Waals surface area contributed by atoms with Crippen molar-refractivity contribution in [3.8, 4) is 0 Å². The number of hydrogen-bond acceptors (Lipinski definition) is 4. The zero-order chi connectivity index (χ0) is 18.5. The molecule has 0 N–H and O–H groups in total. The summed E-state index contributed by atoms with van der Waals surface area (Å²) in [4.78, 5) is 12.3. The molecule has 144 valence electrons. The SMILES string of the molecule is COC(=O)C(CC1CCC(OC2CCCCO2)C1)c1ccc(Cl)c(Cl)c1. The second kappa shape index (κ2) is 9.41. The van der Waals surface area contributed by atoms with Gasteiger partial charge < -0.3 is 14.2 Å². The molecule has 1 saturated heterocycles. The molecule has 0 spiro atoms. The van der Waals surface area contributed by atoms with Gasteiger partial charge in [-0.2, -0.15) is 0 Å². The predicted octanol–water partition coefficient (Wildman–Crippen LogP) is 5.35. The molecule has 0 bridgehead atoms. The molecule has 1 aliphatic carbocycles. The van der Waals surface area contributed by atoms with Crippen molar-refractivity contribution >= 4 is 29.2 Å². The minimum atomic E-state index is -0.329. The van der Waals surface area contributed by atoms with Crippen LogP contribution < -0.4 is 0 Å². The minimum absolute atomic E-state index is 0.0565. The maximum atomic E-state index is 12.3. The van der Waals surface area contributed by atoms with E-state index in [-0.39, 0.29) is 24.3 Å². The van der Waals surface area contributed by atoms with Gasteiger partial charge in [-0.15, -0.1) is 0 Å². The first-order valence-electron chi connectivity index (χ1n) is 9.36. The third-order valence-corrected chi connectivity index (χ3v) is 6.12. The first-order chi connectivity index (χ1) is 12.6. The van der Waals surface area contributed by atoms with Crippen LogP contribution >= 0.6 is 23.2 Å². The molecule has 4 atom stereocenters. The molecule has 0 aromatic heterocycles. The largest absolute Gasteiger partial charge is 0.469 e. The quantitative estimate of drug-likeness (QED) is 0.603.